The third kappa shape index (κ3) is 29.4. The van der Waals surface area contributed by atoms with Gasteiger partial charge in [-0.1, -0.05) is 224 Å². The number of allylic oxidation sites excluding steroid dienone is 1. The summed E-state index contributed by atoms with van der Waals surface area (Å²) in [7, 11) is 32.4. The number of nitrogens with zero attached hydrogens (tertiary/aromatic N) is 6. The van der Waals surface area contributed by atoms with Gasteiger partial charge in [-0.3, -0.25) is 9.80 Å². The van der Waals surface area contributed by atoms with Crippen LogP contribution >= 0.6 is 0 Å². The maximum atomic E-state index is 6.41. The second-order valence-corrected chi connectivity index (χ2v) is 44.6. The topological polar surface area (TPSA) is 123 Å². The van der Waals surface area contributed by atoms with Crippen molar-refractivity contribution < 1.29 is 102 Å². The van der Waals surface area contributed by atoms with E-state index in [1.165, 1.54) is 140 Å². The first kappa shape index (κ1) is 117. The summed E-state index contributed by atoms with van der Waals surface area (Å²) in [6, 6.07) is 62.9. The normalized spacial score (nSPS) is 26.5. The largest absolute Gasteiger partial charge is 1.00 e. The third-order valence-corrected chi connectivity index (χ3v) is 33.2. The Morgan fingerprint density at radius 1 is 0.504 bits per heavy atom. The maximum Gasteiger partial charge on any atom is 1.00 e. The molecule has 5 fully saturated rings. The molecule has 1 saturated heterocycles. The molecule has 3 aliphatic heterocycles. The van der Waals surface area contributed by atoms with Crippen LogP contribution in [0.15, 0.2) is 175 Å². The molecule has 5 aliphatic carbocycles. The van der Waals surface area contributed by atoms with Gasteiger partial charge in [0.15, 0.2) is 11.5 Å². The molecule has 1 N–H and O–H groups in total. The fourth-order valence-electron chi connectivity index (χ4n) is 25.1. The summed E-state index contributed by atoms with van der Waals surface area (Å²) < 4.78 is 47.6. The molecular formula is C121H186N6O9Rb-. The fraction of sp³-hybridized carbons (Fsp3) is 0.636. The quantitative estimate of drug-likeness (QED) is 0.0326. The molecule has 15 nitrogen and oxygen atoms in total. The van der Waals surface area contributed by atoms with E-state index in [9.17, 15) is 0 Å². The predicted molar refractivity (Wildman–Crippen MR) is 568 cm³/mol. The van der Waals surface area contributed by atoms with Crippen molar-refractivity contribution in [1.29, 1.82) is 0 Å². The maximum absolute atomic E-state index is 6.41. The zero-order valence-electron chi connectivity index (χ0n) is 91.5. The van der Waals surface area contributed by atoms with E-state index < -0.39 is 0 Å². The number of methoxy groups -OCH3 is 7. The van der Waals surface area contributed by atoms with Crippen LogP contribution in [0.4, 0.5) is 0 Å². The van der Waals surface area contributed by atoms with Gasteiger partial charge in [0.1, 0.15) is 23.2 Å². The molecule has 8 aliphatic rings. The van der Waals surface area contributed by atoms with E-state index >= 15 is 0 Å². The molecule has 756 valence electrons. The molecule has 7 aromatic carbocycles. The van der Waals surface area contributed by atoms with Crippen LogP contribution in [0.1, 0.15) is 291 Å². The van der Waals surface area contributed by atoms with Crippen molar-refractivity contribution in [3.8, 4) is 23.0 Å². The summed E-state index contributed by atoms with van der Waals surface area (Å²) in [6.07, 6.45) is 24.4. The molecule has 7 aromatic rings. The van der Waals surface area contributed by atoms with Gasteiger partial charge in [-0.25, -0.2) is 0 Å². The number of hydrogen-bond acceptors (Lipinski definition) is 15. The Labute approximate surface area is 883 Å². The van der Waals surface area contributed by atoms with E-state index in [0.717, 1.165) is 111 Å². The van der Waals surface area contributed by atoms with Crippen LogP contribution in [-0.4, -0.2) is 206 Å². The van der Waals surface area contributed by atoms with Crippen LogP contribution in [-0.2, 0) is 47.7 Å². The minimum Gasteiger partial charge on any atom is -0.870 e. The molecule has 3 heterocycles. The first-order chi connectivity index (χ1) is 64.5. The van der Waals surface area contributed by atoms with Crippen LogP contribution in [0.25, 0.3) is 0 Å². The van der Waals surface area contributed by atoms with Gasteiger partial charge in [0.2, 0.25) is 0 Å². The Morgan fingerprint density at radius 3 is 1.66 bits per heavy atom. The Hall–Kier alpha value is -5.15. The van der Waals surface area contributed by atoms with Crippen molar-refractivity contribution in [2.24, 2.45) is 65.1 Å². The SMILES string of the molecule is CC(C)c1cccc(C2CCCCC2CN(C)C)c1.COC(c1ccc(C(C)C)cc1)C(C)N1CCCC(OC)(c2ccccc2)C1.COC1(c2c[c-]ccc2)CC(C(C)C)CCC1C(C)N(C)C.COc1ccc2c3c1OC1CC(C(C)C)C=C(CN(C)C2)C31.COc1cccc(C2(C(C)C)CCCCC2CN(C)C)c1.COc1cccc(C2(OC)CC(C(C)C)CCC2CN(C)C)c1.[OH-].[Rb+]. The molecule has 4 saturated carbocycles. The number of benzene rings is 7. The van der Waals surface area contributed by atoms with E-state index in [4.69, 9.17) is 37.9 Å². The fourth-order valence-corrected chi connectivity index (χ4v) is 25.1. The van der Waals surface area contributed by atoms with Crippen LogP contribution in [0, 0.1) is 71.2 Å². The summed E-state index contributed by atoms with van der Waals surface area (Å²) in [6.45, 7) is 39.9. The zero-order chi connectivity index (χ0) is 98.2. The first-order valence-electron chi connectivity index (χ1n) is 52.3. The summed E-state index contributed by atoms with van der Waals surface area (Å²) in [4.78, 5) is 14.3. The van der Waals surface area contributed by atoms with E-state index in [-0.39, 0.29) is 104 Å². The molecule has 17 atom stereocenters. The second kappa shape index (κ2) is 55.2. The van der Waals surface area contributed by atoms with E-state index in [1.807, 2.05) is 40.6 Å². The van der Waals surface area contributed by atoms with Crippen LogP contribution < -0.4 is 77.1 Å². The number of rotatable bonds is 29. The van der Waals surface area contributed by atoms with Crippen molar-refractivity contribution >= 4 is 0 Å². The molecule has 17 unspecified atom stereocenters. The molecule has 0 aromatic heterocycles. The Balaban J connectivity index is 0.000000202. The Bertz CT molecular complexity index is 4680. The molecule has 16 heteroatoms. The molecule has 137 heavy (non-hydrogen) atoms. The average Bonchev–Trinajstić information content (AvgIpc) is 1.59. The van der Waals surface area contributed by atoms with Crippen molar-refractivity contribution in [2.45, 2.75) is 283 Å². The molecule has 0 amide bonds. The second-order valence-electron chi connectivity index (χ2n) is 44.6. The standard InChI is InChI=1S/C25H35NO2.C20H33NO2.C20H32NO.C19H25NO2.C19H31NO.C18H29N.H2O.Rb/c1-19(2)21-12-14-22(15-13-21)24(27-4)20(3)26-17-9-16-25(18-26,28-5)23-10-7-6-8-11-23;1-15(2)16-10-11-18(14-21(3)4)20(13-16,23-6)17-8-7-9-19(12-17)22-5;1-15(2)17-12-13-19(16(3)21(4)5)20(14-17,22-6)18-10-8-7-9-11-18;1-11(2)13-7-14-10-20(3)9-12-5-6-15(21-4)19-18(12)17(14)16(8-13)22-19;1-15(2)19(16-10-8-11-18(13-16)21-5)12-7-6-9-17(19)14-20(3)4;1-14(2)15-9-7-10-16(12-15)18-11-6-5-8-17(18)13-19(3)4;;/h6-8,10-15,19-20,24H,9,16-18H2,1-5H3;7-9,12,15-16,18H,10-11,13-14H2,1-6H3;7-8,10-11,15-17,19H,12-14H2,1-6H3;5-7,11,13,16-17H,8-10H2,1-4H3;8,10-11,13,15,17H,6-7,9,12,14H2,1-5H3;7,9-10,12,14,17-18H,5-6,8,11,13H2,1-4H3;1H2;/q;;-1;;;;;+1/p-1. The minimum atomic E-state index is -0.242. The molecule has 15 rings (SSSR count). The van der Waals surface area contributed by atoms with Crippen molar-refractivity contribution in [3.05, 3.63) is 237 Å². The Kier molecular flexibility index (Phi) is 47.2. The van der Waals surface area contributed by atoms with E-state index in [2.05, 4.69) is 354 Å². The van der Waals surface area contributed by atoms with E-state index in [0.29, 0.717) is 71.1 Å². The summed E-state index contributed by atoms with van der Waals surface area (Å²) in [5.74, 6) is 13.5. The van der Waals surface area contributed by atoms with E-state index in [1.54, 1.807) is 32.5 Å². The van der Waals surface area contributed by atoms with Crippen LogP contribution in [0.2, 0.25) is 0 Å². The van der Waals surface area contributed by atoms with Crippen LogP contribution in [0.3, 0.4) is 0 Å². The molecular weight excluding hydrogens is 1770 g/mol. The van der Waals surface area contributed by atoms with Crippen molar-refractivity contribution in [2.75, 3.05) is 152 Å². The van der Waals surface area contributed by atoms with Gasteiger partial charge < -0.3 is 63.0 Å². The summed E-state index contributed by atoms with van der Waals surface area (Å²) in [5, 5.41) is 0. The van der Waals surface area contributed by atoms with Gasteiger partial charge in [0.25, 0.3) is 0 Å². The number of hydrogen-bond donors (Lipinski definition) is 0. The van der Waals surface area contributed by atoms with Gasteiger partial charge in [0, 0.05) is 103 Å². The monoisotopic (exact) mass is 1950 g/mol. The smallest absolute Gasteiger partial charge is 0.870 e. The van der Waals surface area contributed by atoms with Crippen LogP contribution in [0.5, 0.6) is 23.0 Å². The van der Waals surface area contributed by atoms with Gasteiger partial charge in [0.05, 0.1) is 38.6 Å². The average molecular weight is 1950 g/mol. The first-order valence-corrected chi connectivity index (χ1v) is 52.3. The molecule has 0 bridgehead atoms. The third-order valence-electron chi connectivity index (χ3n) is 33.2. The van der Waals surface area contributed by atoms with Gasteiger partial charge >= 0.3 is 58.2 Å². The predicted octanol–water partition coefficient (Wildman–Crippen LogP) is 23.4. The van der Waals surface area contributed by atoms with Crippen molar-refractivity contribution in [1.82, 2.24) is 29.4 Å². The summed E-state index contributed by atoms with van der Waals surface area (Å²) in [5.41, 5.74) is 15.0. The van der Waals surface area contributed by atoms with Crippen molar-refractivity contribution in [3.63, 3.8) is 0 Å². The van der Waals surface area contributed by atoms with Gasteiger partial charge in [-0.2, -0.15) is 30.3 Å². The number of likely N-dealkylation sites (tertiary alicyclic amines) is 1. The molecule has 0 radical (unpaired) electrons. The molecule has 0 spiro atoms. The number of ether oxygens (including phenoxy) is 8. The Morgan fingerprint density at radius 2 is 1.09 bits per heavy atom. The van der Waals surface area contributed by atoms with Gasteiger partial charge in [-0.05, 0) is 325 Å². The number of likely N-dealkylation sites (N-methyl/N-ethyl adjacent to an activating group) is 1. The number of piperidine rings is 1. The minimum absolute atomic E-state index is 0. The van der Waals surface area contributed by atoms with Gasteiger partial charge in [-0.15, -0.1) is 5.56 Å². The summed E-state index contributed by atoms with van der Waals surface area (Å²) >= 11 is 0. The zero-order valence-corrected chi connectivity index (χ0v) is 96.4.